The first-order valence-corrected chi connectivity index (χ1v) is 6.46. The van der Waals surface area contributed by atoms with Crippen LogP contribution in [0.3, 0.4) is 0 Å². The number of hydrogen-bond donors (Lipinski definition) is 3. The average molecular weight is 288 g/mol. The van der Waals surface area contributed by atoms with E-state index in [0.29, 0.717) is 25.9 Å². The van der Waals surface area contributed by atoms with Crippen molar-refractivity contribution < 1.29 is 29.3 Å². The van der Waals surface area contributed by atoms with Crippen LogP contribution in [0.15, 0.2) is 0 Å². The molecule has 1 rings (SSSR count). The van der Waals surface area contributed by atoms with E-state index in [0.717, 1.165) is 0 Å². The van der Waals surface area contributed by atoms with Gasteiger partial charge >= 0.3 is 18.0 Å². The van der Waals surface area contributed by atoms with Crippen molar-refractivity contribution in [1.82, 2.24) is 10.2 Å². The summed E-state index contributed by atoms with van der Waals surface area (Å²) >= 11 is 0. The van der Waals surface area contributed by atoms with Crippen LogP contribution in [0.4, 0.5) is 4.79 Å². The highest BCUT2D eigenvalue weighted by atomic mass is 16.5. The molecule has 1 aliphatic rings. The molecule has 0 bridgehead atoms. The molecule has 1 heterocycles. The van der Waals surface area contributed by atoms with E-state index < -0.39 is 18.0 Å². The third kappa shape index (κ3) is 4.37. The van der Waals surface area contributed by atoms with Crippen molar-refractivity contribution in [2.45, 2.75) is 25.3 Å². The molecular weight excluding hydrogens is 268 g/mol. The third-order valence-corrected chi connectivity index (χ3v) is 3.33. The predicted molar refractivity (Wildman–Crippen MR) is 68.0 cm³/mol. The first kappa shape index (κ1) is 16.2. The van der Waals surface area contributed by atoms with Crippen molar-refractivity contribution in [2.75, 3.05) is 26.8 Å². The maximum Gasteiger partial charge on any atom is 0.326 e. The van der Waals surface area contributed by atoms with Crippen molar-refractivity contribution in [3.63, 3.8) is 0 Å². The van der Waals surface area contributed by atoms with E-state index >= 15 is 0 Å². The number of methoxy groups -OCH3 is 1. The fraction of sp³-hybridized carbons (Fsp3) is 0.750. The summed E-state index contributed by atoms with van der Waals surface area (Å²) in [5.41, 5.74) is 0. The number of carboxylic acid groups (broad SMARTS) is 1. The number of aliphatic hydroxyl groups is 1. The number of hydrogen-bond acceptors (Lipinski definition) is 5. The van der Waals surface area contributed by atoms with E-state index in [2.05, 4.69) is 10.1 Å². The lowest BCUT2D eigenvalue weighted by atomic mass is 9.97. The molecule has 0 spiro atoms. The van der Waals surface area contributed by atoms with Crippen LogP contribution < -0.4 is 5.32 Å². The SMILES string of the molecule is COC(=O)C1CCN(C(=O)NC(CCO)C(=O)O)CC1. The molecular formula is C12H20N2O6. The second kappa shape index (κ2) is 7.68. The van der Waals surface area contributed by atoms with Crippen molar-refractivity contribution in [3.05, 3.63) is 0 Å². The number of carboxylic acids is 1. The Morgan fingerprint density at radius 2 is 1.95 bits per heavy atom. The zero-order chi connectivity index (χ0) is 15.1. The molecule has 1 unspecified atom stereocenters. The lowest BCUT2D eigenvalue weighted by Crippen LogP contribution is -2.51. The summed E-state index contributed by atoms with van der Waals surface area (Å²) in [6.45, 7) is 0.426. The van der Waals surface area contributed by atoms with Crippen molar-refractivity contribution in [2.24, 2.45) is 5.92 Å². The van der Waals surface area contributed by atoms with Crippen LogP contribution in [0.5, 0.6) is 0 Å². The normalized spacial score (nSPS) is 17.4. The van der Waals surface area contributed by atoms with Gasteiger partial charge in [-0.05, 0) is 12.8 Å². The molecule has 1 fully saturated rings. The first-order chi connectivity index (χ1) is 9.49. The molecule has 20 heavy (non-hydrogen) atoms. The van der Waals surface area contributed by atoms with Gasteiger partial charge in [-0.15, -0.1) is 0 Å². The van der Waals surface area contributed by atoms with Crippen LogP contribution in [0, 0.1) is 5.92 Å². The van der Waals surface area contributed by atoms with Crippen LogP contribution in [-0.4, -0.2) is 65.9 Å². The Morgan fingerprint density at radius 1 is 1.35 bits per heavy atom. The van der Waals surface area contributed by atoms with E-state index in [-0.39, 0.29) is 24.9 Å². The second-order valence-electron chi connectivity index (χ2n) is 4.64. The molecule has 8 nitrogen and oxygen atoms in total. The summed E-state index contributed by atoms with van der Waals surface area (Å²) in [6, 6.07) is -1.60. The minimum absolute atomic E-state index is 0.0420. The monoisotopic (exact) mass is 288 g/mol. The highest BCUT2D eigenvalue weighted by molar-refractivity contribution is 5.82. The number of aliphatic carboxylic acids is 1. The van der Waals surface area contributed by atoms with Gasteiger partial charge < -0.3 is 25.2 Å². The Hall–Kier alpha value is -1.83. The first-order valence-electron chi connectivity index (χ1n) is 6.46. The summed E-state index contributed by atoms with van der Waals surface area (Å²) < 4.78 is 4.65. The number of carbonyl (C=O) groups excluding carboxylic acids is 2. The van der Waals surface area contributed by atoms with E-state index in [1.165, 1.54) is 12.0 Å². The topological polar surface area (TPSA) is 116 Å². The van der Waals surface area contributed by atoms with Crippen LogP contribution in [0.2, 0.25) is 0 Å². The Morgan fingerprint density at radius 3 is 2.40 bits per heavy atom. The van der Waals surface area contributed by atoms with Gasteiger partial charge in [0.15, 0.2) is 0 Å². The zero-order valence-corrected chi connectivity index (χ0v) is 11.4. The Balaban J connectivity index is 2.46. The molecule has 0 aromatic heterocycles. The quantitative estimate of drug-likeness (QED) is 0.583. The number of likely N-dealkylation sites (tertiary alicyclic amines) is 1. The third-order valence-electron chi connectivity index (χ3n) is 3.33. The van der Waals surface area contributed by atoms with E-state index in [9.17, 15) is 14.4 Å². The number of amides is 2. The van der Waals surface area contributed by atoms with Crippen LogP contribution in [0.25, 0.3) is 0 Å². The standard InChI is InChI=1S/C12H20N2O6/c1-20-11(18)8-2-5-14(6-3-8)12(19)13-9(4-7-15)10(16)17/h8-9,15H,2-7H2,1H3,(H,13,19)(H,16,17). The number of rotatable bonds is 5. The number of nitrogens with one attached hydrogen (secondary N) is 1. The number of nitrogens with zero attached hydrogens (tertiary/aromatic N) is 1. The fourth-order valence-electron chi connectivity index (χ4n) is 2.11. The van der Waals surface area contributed by atoms with Crippen LogP contribution in [-0.2, 0) is 14.3 Å². The summed E-state index contributed by atoms with van der Waals surface area (Å²) in [7, 11) is 1.33. The largest absolute Gasteiger partial charge is 0.480 e. The summed E-state index contributed by atoms with van der Waals surface area (Å²) in [4.78, 5) is 35.6. The molecule has 1 atom stereocenters. The van der Waals surface area contributed by atoms with Gasteiger partial charge in [-0.1, -0.05) is 0 Å². The zero-order valence-electron chi connectivity index (χ0n) is 11.4. The highest BCUT2D eigenvalue weighted by Crippen LogP contribution is 2.18. The molecule has 114 valence electrons. The molecule has 0 radical (unpaired) electrons. The predicted octanol–water partition coefficient (Wildman–Crippen LogP) is -0.583. The number of esters is 1. The lowest BCUT2D eigenvalue weighted by Gasteiger charge is -2.31. The number of urea groups is 1. The van der Waals surface area contributed by atoms with Gasteiger partial charge in [0.1, 0.15) is 6.04 Å². The average Bonchev–Trinajstić information content (AvgIpc) is 2.45. The van der Waals surface area contributed by atoms with Crippen LogP contribution in [0.1, 0.15) is 19.3 Å². The van der Waals surface area contributed by atoms with Gasteiger partial charge in [0.2, 0.25) is 0 Å². The van der Waals surface area contributed by atoms with E-state index in [4.69, 9.17) is 10.2 Å². The van der Waals surface area contributed by atoms with Gasteiger partial charge in [-0.3, -0.25) is 4.79 Å². The molecule has 1 aliphatic heterocycles. The molecule has 1 saturated heterocycles. The summed E-state index contributed by atoms with van der Waals surface area (Å²) in [5.74, 6) is -1.68. The molecule has 0 aromatic carbocycles. The minimum Gasteiger partial charge on any atom is -0.480 e. The number of piperidine rings is 1. The Bertz CT molecular complexity index is 365. The number of ether oxygens (including phenoxy) is 1. The van der Waals surface area contributed by atoms with E-state index in [1.54, 1.807) is 0 Å². The van der Waals surface area contributed by atoms with Gasteiger partial charge in [-0.2, -0.15) is 0 Å². The van der Waals surface area contributed by atoms with Gasteiger partial charge in [-0.25, -0.2) is 9.59 Å². The Labute approximate surface area is 116 Å². The number of carbonyl (C=O) groups is 3. The fourth-order valence-corrected chi connectivity index (χ4v) is 2.11. The summed E-state index contributed by atoms with van der Waals surface area (Å²) in [5, 5.41) is 20.0. The van der Waals surface area contributed by atoms with Crippen LogP contribution >= 0.6 is 0 Å². The molecule has 8 heteroatoms. The van der Waals surface area contributed by atoms with Gasteiger partial charge in [0.05, 0.1) is 13.0 Å². The molecule has 0 saturated carbocycles. The lowest BCUT2D eigenvalue weighted by molar-refractivity contribution is -0.146. The highest BCUT2D eigenvalue weighted by Gasteiger charge is 2.29. The molecule has 0 aliphatic carbocycles. The Kier molecular flexibility index (Phi) is 6.23. The maximum atomic E-state index is 11.9. The van der Waals surface area contributed by atoms with E-state index in [1.807, 2.05) is 0 Å². The van der Waals surface area contributed by atoms with Crippen molar-refractivity contribution >= 4 is 18.0 Å². The van der Waals surface area contributed by atoms with Gasteiger partial charge in [0, 0.05) is 26.1 Å². The summed E-state index contributed by atoms with van der Waals surface area (Å²) in [6.07, 6.45) is 0.954. The molecule has 2 amide bonds. The smallest absolute Gasteiger partial charge is 0.326 e. The van der Waals surface area contributed by atoms with Gasteiger partial charge in [0.25, 0.3) is 0 Å². The van der Waals surface area contributed by atoms with Crippen molar-refractivity contribution in [3.8, 4) is 0 Å². The molecule has 0 aromatic rings. The molecule has 3 N–H and O–H groups in total. The maximum absolute atomic E-state index is 11.9. The minimum atomic E-state index is -1.18. The second-order valence-corrected chi connectivity index (χ2v) is 4.64. The number of aliphatic hydroxyl groups excluding tert-OH is 1. The van der Waals surface area contributed by atoms with Crippen molar-refractivity contribution in [1.29, 1.82) is 0 Å².